The molecule has 0 N–H and O–H groups in total. The van der Waals surface area contributed by atoms with Gasteiger partial charge in [-0.15, -0.1) is 45.3 Å². The number of thiophene rings is 4. The molecule has 2 aliphatic rings. The highest BCUT2D eigenvalue weighted by molar-refractivity contribution is 7.24. The Morgan fingerprint density at radius 2 is 1.16 bits per heavy atom. The number of hydrogen-bond acceptors (Lipinski definition) is 9. The molecule has 0 saturated heterocycles. The molecule has 0 spiro atoms. The quantitative estimate of drug-likeness (QED) is 0.203. The van der Waals surface area contributed by atoms with E-state index in [0.29, 0.717) is 20.8 Å². The van der Waals surface area contributed by atoms with Crippen molar-refractivity contribution in [3.8, 4) is 51.9 Å². The van der Waals surface area contributed by atoms with E-state index < -0.39 is 11.6 Å². The fourth-order valence-corrected chi connectivity index (χ4v) is 10.2. The second-order valence-corrected chi connectivity index (χ2v) is 13.3. The van der Waals surface area contributed by atoms with Crippen molar-refractivity contribution in [1.82, 2.24) is 8.75 Å². The molecule has 184 valence electrons. The molecule has 37 heavy (non-hydrogen) atoms. The highest BCUT2D eigenvalue weighted by Gasteiger charge is 2.33. The Morgan fingerprint density at radius 3 is 1.62 bits per heavy atom. The lowest BCUT2D eigenvalue weighted by molar-refractivity contribution is 0.225. The van der Waals surface area contributed by atoms with Crippen molar-refractivity contribution in [3.05, 3.63) is 57.8 Å². The van der Waals surface area contributed by atoms with Crippen LogP contribution in [0, 0.1) is 11.6 Å². The van der Waals surface area contributed by atoms with Crippen LogP contribution in [0.15, 0.2) is 35.0 Å². The van der Waals surface area contributed by atoms with Gasteiger partial charge in [0.05, 0.1) is 42.4 Å². The molecular formula is C26H14F2N2O2S5. The number of fused-ring (bicyclic) bond motifs is 7. The molecule has 1 aromatic carbocycles. The van der Waals surface area contributed by atoms with E-state index in [0.717, 1.165) is 53.9 Å². The number of benzene rings is 1. The predicted molar refractivity (Wildman–Crippen MR) is 149 cm³/mol. The van der Waals surface area contributed by atoms with Gasteiger partial charge in [0.2, 0.25) is 0 Å². The third kappa shape index (κ3) is 3.06. The molecule has 2 aliphatic heterocycles. The zero-order valence-electron chi connectivity index (χ0n) is 19.1. The van der Waals surface area contributed by atoms with E-state index in [1.165, 1.54) is 22.7 Å². The highest BCUT2D eigenvalue weighted by Crippen LogP contribution is 2.55. The largest absolute Gasteiger partial charge is 0.484 e. The van der Waals surface area contributed by atoms with E-state index in [-0.39, 0.29) is 23.3 Å². The summed E-state index contributed by atoms with van der Waals surface area (Å²) in [6.45, 7) is 3.94. The maximum atomic E-state index is 16.0. The Balaban J connectivity index is 1.34. The van der Waals surface area contributed by atoms with Gasteiger partial charge in [-0.3, -0.25) is 0 Å². The first kappa shape index (κ1) is 22.3. The summed E-state index contributed by atoms with van der Waals surface area (Å²) in [6, 6.07) is 7.71. The van der Waals surface area contributed by atoms with E-state index in [1.807, 2.05) is 48.9 Å². The number of nitrogens with zero attached hydrogens (tertiary/aromatic N) is 2. The van der Waals surface area contributed by atoms with E-state index >= 15 is 8.78 Å². The SMILES string of the molecule is CC1Oc2ccsc2-c2sc(-c3c(F)c(F)c(-c4cc5c(s4)-c4sccc4OC5C)c4nsnc34)cc21. The standard InChI is InChI=1S/C26H14F2N2O2S5/c1-9-11-7-15(35-23(11)25-13(31-9)3-5-33-25)17-19(27)20(28)18(22-21(17)29-37-30-22)16-8-12-10(2)32-14-4-6-34-26(14)24(12)36-16/h3-10H,1-2H3. The summed E-state index contributed by atoms with van der Waals surface area (Å²) in [5.41, 5.74) is 3.03. The molecule has 2 atom stereocenters. The van der Waals surface area contributed by atoms with E-state index in [2.05, 4.69) is 8.75 Å². The summed E-state index contributed by atoms with van der Waals surface area (Å²) in [6.07, 6.45) is -0.357. The van der Waals surface area contributed by atoms with Gasteiger partial charge in [-0.05, 0) is 48.9 Å². The molecule has 0 amide bonds. The van der Waals surface area contributed by atoms with Crippen molar-refractivity contribution in [3.63, 3.8) is 0 Å². The van der Waals surface area contributed by atoms with Gasteiger partial charge < -0.3 is 9.47 Å². The van der Waals surface area contributed by atoms with Crippen molar-refractivity contribution in [2.75, 3.05) is 0 Å². The van der Waals surface area contributed by atoms with Crippen LogP contribution in [0.2, 0.25) is 0 Å². The van der Waals surface area contributed by atoms with Crippen LogP contribution in [0.5, 0.6) is 11.5 Å². The molecule has 0 saturated carbocycles. The van der Waals surface area contributed by atoms with Crippen LogP contribution in [0.25, 0.3) is 51.4 Å². The lowest BCUT2D eigenvalue weighted by atomic mass is 10.0. The molecule has 8 rings (SSSR count). The predicted octanol–water partition coefficient (Wildman–Crippen LogP) is 9.79. The average molecular weight is 585 g/mol. The minimum Gasteiger partial charge on any atom is -0.484 e. The van der Waals surface area contributed by atoms with Gasteiger partial charge in [-0.25, -0.2) is 8.78 Å². The fourth-order valence-electron chi connectivity index (χ4n) is 5.03. The van der Waals surface area contributed by atoms with Gasteiger partial charge in [0, 0.05) is 20.9 Å². The topological polar surface area (TPSA) is 44.2 Å². The third-order valence-corrected chi connectivity index (χ3v) is 11.7. The smallest absolute Gasteiger partial charge is 0.170 e. The lowest BCUT2D eigenvalue weighted by Crippen LogP contribution is -2.06. The van der Waals surface area contributed by atoms with Crippen molar-refractivity contribution >= 4 is 68.1 Å². The summed E-state index contributed by atoms with van der Waals surface area (Å²) >= 11 is 7.03. The molecule has 7 heterocycles. The second-order valence-electron chi connectivity index (χ2n) is 8.88. The van der Waals surface area contributed by atoms with Crippen molar-refractivity contribution in [2.24, 2.45) is 0 Å². The minimum atomic E-state index is -0.902. The highest BCUT2D eigenvalue weighted by atomic mass is 32.1. The molecule has 4 nitrogen and oxygen atoms in total. The minimum absolute atomic E-state index is 0.160. The molecule has 2 unspecified atom stereocenters. The van der Waals surface area contributed by atoms with Gasteiger partial charge in [0.1, 0.15) is 34.7 Å². The number of hydrogen-bond donors (Lipinski definition) is 0. The van der Waals surface area contributed by atoms with Crippen LogP contribution < -0.4 is 9.47 Å². The molecule has 0 radical (unpaired) electrons. The summed E-state index contributed by atoms with van der Waals surface area (Å²) in [7, 11) is 0. The number of aromatic nitrogens is 2. The van der Waals surface area contributed by atoms with Gasteiger partial charge in [-0.1, -0.05) is 0 Å². The Kier molecular flexibility index (Phi) is 4.76. The van der Waals surface area contributed by atoms with Crippen LogP contribution in [-0.2, 0) is 0 Å². The first-order valence-electron chi connectivity index (χ1n) is 11.4. The van der Waals surface area contributed by atoms with Crippen molar-refractivity contribution in [2.45, 2.75) is 26.1 Å². The molecule has 0 fully saturated rings. The molecule has 0 bridgehead atoms. The summed E-state index contributed by atoms with van der Waals surface area (Å²) in [5, 5.41) is 3.96. The van der Waals surface area contributed by atoms with E-state index in [9.17, 15) is 0 Å². The van der Waals surface area contributed by atoms with E-state index in [4.69, 9.17) is 9.47 Å². The fraction of sp³-hybridized carbons (Fsp3) is 0.154. The van der Waals surface area contributed by atoms with Crippen LogP contribution in [0.3, 0.4) is 0 Å². The molecule has 5 aromatic heterocycles. The first-order valence-corrected chi connectivity index (χ1v) is 15.5. The Morgan fingerprint density at radius 1 is 0.703 bits per heavy atom. The summed E-state index contributed by atoms with van der Waals surface area (Å²) in [5.74, 6) is -0.146. The average Bonchev–Trinajstić information content (AvgIpc) is 3.67. The molecule has 0 aliphatic carbocycles. The summed E-state index contributed by atoms with van der Waals surface area (Å²) in [4.78, 5) is 5.35. The van der Waals surface area contributed by atoms with Crippen molar-refractivity contribution in [1.29, 1.82) is 0 Å². The molecule has 11 heteroatoms. The molecule has 6 aromatic rings. The van der Waals surface area contributed by atoms with Crippen LogP contribution in [0.4, 0.5) is 8.78 Å². The third-order valence-electron chi connectivity index (χ3n) is 6.76. The lowest BCUT2D eigenvalue weighted by Gasteiger charge is -2.20. The van der Waals surface area contributed by atoms with Gasteiger partial charge in [-0.2, -0.15) is 8.75 Å². The van der Waals surface area contributed by atoms with Gasteiger partial charge in [0.25, 0.3) is 0 Å². The maximum Gasteiger partial charge on any atom is 0.170 e. The normalized spacial score (nSPS) is 17.6. The first-order chi connectivity index (χ1) is 18.0. The van der Waals surface area contributed by atoms with Crippen LogP contribution in [0.1, 0.15) is 37.2 Å². The monoisotopic (exact) mass is 584 g/mol. The Labute approximate surface area is 229 Å². The van der Waals surface area contributed by atoms with Gasteiger partial charge in [0.15, 0.2) is 11.6 Å². The molecular weight excluding hydrogens is 571 g/mol. The number of halogens is 2. The summed E-state index contributed by atoms with van der Waals surface area (Å²) < 4.78 is 53.0. The second kappa shape index (κ2) is 7.90. The van der Waals surface area contributed by atoms with Gasteiger partial charge >= 0.3 is 0 Å². The maximum absolute atomic E-state index is 16.0. The Hall–Kier alpha value is -2.70. The zero-order chi connectivity index (χ0) is 25.0. The van der Waals surface area contributed by atoms with Crippen molar-refractivity contribution < 1.29 is 18.3 Å². The number of rotatable bonds is 2. The number of ether oxygens (including phenoxy) is 2. The Bertz CT molecular complexity index is 1740. The zero-order valence-corrected chi connectivity index (χ0v) is 23.2. The van der Waals surface area contributed by atoms with Crippen LogP contribution in [-0.4, -0.2) is 8.75 Å². The van der Waals surface area contributed by atoms with E-state index in [1.54, 1.807) is 22.7 Å². The van der Waals surface area contributed by atoms with Crippen LogP contribution >= 0.6 is 57.1 Å².